The molecule has 2 heterocycles. The summed E-state index contributed by atoms with van der Waals surface area (Å²) in [6.45, 7) is 2.04. The van der Waals surface area contributed by atoms with Crippen molar-refractivity contribution in [3.8, 4) is 0 Å². The van der Waals surface area contributed by atoms with Gasteiger partial charge in [-0.3, -0.25) is 4.99 Å². The summed E-state index contributed by atoms with van der Waals surface area (Å²) >= 11 is 0. The average Bonchev–Trinajstić information content (AvgIpc) is 2.66. The van der Waals surface area contributed by atoms with Crippen molar-refractivity contribution >= 4 is 6.08 Å². The quantitative estimate of drug-likeness (QED) is 0.616. The maximum Gasteiger partial charge on any atom is 0.0645 e. The van der Waals surface area contributed by atoms with Crippen LogP contribution in [0.15, 0.2) is 29.3 Å². The summed E-state index contributed by atoms with van der Waals surface area (Å²) in [4.78, 5) is 4.63. The van der Waals surface area contributed by atoms with E-state index in [-0.39, 0.29) is 5.54 Å². The Kier molecular flexibility index (Phi) is 1.71. The van der Waals surface area contributed by atoms with Crippen LogP contribution in [0.3, 0.4) is 0 Å². The van der Waals surface area contributed by atoms with Gasteiger partial charge >= 0.3 is 0 Å². The second kappa shape index (κ2) is 2.92. The fraction of sp³-hybridized carbons (Fsp3) is 0.417. The van der Waals surface area contributed by atoms with Gasteiger partial charge in [-0.2, -0.15) is 0 Å². The molecule has 0 bridgehead atoms. The fourth-order valence-electron chi connectivity index (χ4n) is 2.41. The van der Waals surface area contributed by atoms with Crippen LogP contribution in [0.25, 0.3) is 6.08 Å². The Bertz CT molecular complexity index is 455. The zero-order valence-electron chi connectivity index (χ0n) is 8.16. The van der Waals surface area contributed by atoms with Crippen LogP contribution in [0.4, 0.5) is 0 Å². The summed E-state index contributed by atoms with van der Waals surface area (Å²) in [7, 11) is 0. The molecule has 0 saturated carbocycles. The number of nitrogens with zero attached hydrogens (tertiary/aromatic N) is 1. The molecule has 1 N–H and O–H groups in total. The molecule has 1 atom stereocenters. The fourth-order valence-corrected chi connectivity index (χ4v) is 2.41. The monoisotopic (exact) mass is 186 g/mol. The van der Waals surface area contributed by atoms with E-state index in [2.05, 4.69) is 40.7 Å². The van der Waals surface area contributed by atoms with Crippen molar-refractivity contribution in [1.82, 2.24) is 5.32 Å². The number of rotatable bonds is 0. The van der Waals surface area contributed by atoms with Gasteiger partial charge in [-0.15, -0.1) is 0 Å². The summed E-state index contributed by atoms with van der Waals surface area (Å²) in [6.07, 6.45) is 4.86. The first-order valence-electron chi connectivity index (χ1n) is 5.26. The lowest BCUT2D eigenvalue weighted by molar-refractivity contribution is 0.500. The van der Waals surface area contributed by atoms with E-state index in [9.17, 15) is 0 Å². The Morgan fingerprint density at radius 2 is 2.21 bits per heavy atom. The number of para-hydroxylation sites is 1. The van der Waals surface area contributed by atoms with Crippen molar-refractivity contribution < 1.29 is 0 Å². The van der Waals surface area contributed by atoms with Crippen LogP contribution in [0.2, 0.25) is 0 Å². The van der Waals surface area contributed by atoms with E-state index in [1.165, 1.54) is 18.1 Å². The van der Waals surface area contributed by atoms with E-state index in [4.69, 9.17) is 0 Å². The van der Waals surface area contributed by atoms with Gasteiger partial charge in [-0.1, -0.05) is 24.3 Å². The Morgan fingerprint density at radius 3 is 3.07 bits per heavy atom. The molecule has 72 valence electrons. The minimum Gasteiger partial charge on any atom is -0.306 e. The van der Waals surface area contributed by atoms with Crippen molar-refractivity contribution in [3.05, 3.63) is 34.8 Å². The van der Waals surface area contributed by atoms with Gasteiger partial charge in [0.15, 0.2) is 0 Å². The first-order valence-corrected chi connectivity index (χ1v) is 5.26. The third kappa shape index (κ3) is 1.18. The molecule has 2 aliphatic rings. The van der Waals surface area contributed by atoms with Crippen LogP contribution >= 0.6 is 0 Å². The van der Waals surface area contributed by atoms with Gasteiger partial charge in [0, 0.05) is 0 Å². The van der Waals surface area contributed by atoms with Gasteiger partial charge in [0.2, 0.25) is 0 Å². The molecule has 0 radical (unpaired) electrons. The highest BCUT2D eigenvalue weighted by Crippen LogP contribution is 2.21. The number of nitrogens with one attached hydrogen (secondary N) is 1. The average molecular weight is 186 g/mol. The summed E-state index contributed by atoms with van der Waals surface area (Å²) in [5.41, 5.74) is 0.175. The molecular formula is C12H14N2. The van der Waals surface area contributed by atoms with E-state index in [0.717, 1.165) is 18.4 Å². The molecule has 2 aliphatic heterocycles. The summed E-state index contributed by atoms with van der Waals surface area (Å²) < 4.78 is 0. The molecule has 1 aromatic rings. The second-order valence-electron chi connectivity index (χ2n) is 4.21. The van der Waals surface area contributed by atoms with Gasteiger partial charge in [0.25, 0.3) is 0 Å². The minimum atomic E-state index is 0.175. The Balaban J connectivity index is 2.17. The lowest BCUT2D eigenvalue weighted by Crippen LogP contribution is -2.47. The predicted octanol–water partition coefficient (Wildman–Crippen LogP) is 0.222. The van der Waals surface area contributed by atoms with Gasteiger partial charge in [-0.05, 0) is 30.7 Å². The van der Waals surface area contributed by atoms with Crippen molar-refractivity contribution in [2.24, 2.45) is 4.99 Å². The van der Waals surface area contributed by atoms with E-state index < -0.39 is 0 Å². The van der Waals surface area contributed by atoms with Gasteiger partial charge in [-0.25, -0.2) is 0 Å². The lowest BCUT2D eigenvalue weighted by Gasteiger charge is -2.25. The minimum absolute atomic E-state index is 0.175. The van der Waals surface area contributed by atoms with Crippen LogP contribution in [0.5, 0.6) is 0 Å². The van der Waals surface area contributed by atoms with Crippen LogP contribution < -0.4 is 15.9 Å². The molecular weight excluding hydrogens is 172 g/mol. The SMILES string of the molecule is C1=c2ccccc2=NCC12CCCN2. The number of hydrogen-bond acceptors (Lipinski definition) is 2. The first kappa shape index (κ1) is 8.18. The van der Waals surface area contributed by atoms with Crippen LogP contribution in [-0.2, 0) is 0 Å². The lowest BCUT2D eigenvalue weighted by atomic mass is 9.94. The summed E-state index contributed by atoms with van der Waals surface area (Å²) in [5, 5.41) is 5.99. The van der Waals surface area contributed by atoms with E-state index in [0.29, 0.717) is 0 Å². The molecule has 1 unspecified atom stereocenters. The van der Waals surface area contributed by atoms with E-state index in [1.54, 1.807) is 0 Å². The highest BCUT2D eigenvalue weighted by Gasteiger charge is 2.31. The molecule has 0 aromatic heterocycles. The molecule has 2 heteroatoms. The largest absolute Gasteiger partial charge is 0.306 e. The van der Waals surface area contributed by atoms with Crippen molar-refractivity contribution in [2.45, 2.75) is 18.4 Å². The third-order valence-electron chi connectivity index (χ3n) is 3.18. The first-order chi connectivity index (χ1) is 6.88. The normalized spacial score (nSPS) is 29.4. The highest BCUT2D eigenvalue weighted by molar-refractivity contribution is 5.40. The van der Waals surface area contributed by atoms with Gasteiger partial charge in [0.05, 0.1) is 17.4 Å². The smallest absolute Gasteiger partial charge is 0.0645 e. The number of hydrogen-bond donors (Lipinski definition) is 1. The van der Waals surface area contributed by atoms with Crippen LogP contribution in [0.1, 0.15) is 12.8 Å². The number of benzene rings is 1. The zero-order chi connectivity index (χ0) is 9.43. The second-order valence-corrected chi connectivity index (χ2v) is 4.21. The van der Waals surface area contributed by atoms with Gasteiger partial charge in [0.1, 0.15) is 0 Å². The molecule has 1 spiro atoms. The summed E-state index contributed by atoms with van der Waals surface area (Å²) in [5.74, 6) is 0. The van der Waals surface area contributed by atoms with Crippen molar-refractivity contribution in [2.75, 3.05) is 13.1 Å². The highest BCUT2D eigenvalue weighted by atomic mass is 15.0. The zero-order valence-corrected chi connectivity index (χ0v) is 8.16. The molecule has 1 saturated heterocycles. The Hall–Kier alpha value is -1.15. The van der Waals surface area contributed by atoms with E-state index in [1.807, 2.05) is 0 Å². The predicted molar refractivity (Wildman–Crippen MR) is 56.5 cm³/mol. The molecule has 1 aromatic carbocycles. The van der Waals surface area contributed by atoms with Crippen LogP contribution in [0, 0.1) is 0 Å². The van der Waals surface area contributed by atoms with E-state index >= 15 is 0 Å². The topological polar surface area (TPSA) is 24.4 Å². The maximum absolute atomic E-state index is 4.63. The molecule has 1 fully saturated rings. The molecule has 0 aliphatic carbocycles. The molecule has 0 amide bonds. The van der Waals surface area contributed by atoms with Gasteiger partial charge < -0.3 is 5.32 Å². The molecule has 3 rings (SSSR count). The standard InChI is InChI=1S/C12H14N2/c1-2-5-11-10(4-1)8-12(9-13-11)6-3-7-14-12/h1-2,4-5,8,14H,3,6-7,9H2. The van der Waals surface area contributed by atoms with Crippen LogP contribution in [-0.4, -0.2) is 18.6 Å². The summed E-state index contributed by atoms with van der Waals surface area (Å²) in [6, 6.07) is 8.38. The molecule has 2 nitrogen and oxygen atoms in total. The Labute approximate surface area is 83.4 Å². The maximum atomic E-state index is 4.63. The van der Waals surface area contributed by atoms with Crippen molar-refractivity contribution in [3.63, 3.8) is 0 Å². The molecule has 14 heavy (non-hydrogen) atoms. The Morgan fingerprint density at radius 1 is 1.29 bits per heavy atom. The van der Waals surface area contributed by atoms with Crippen molar-refractivity contribution in [1.29, 1.82) is 0 Å². The third-order valence-corrected chi connectivity index (χ3v) is 3.18. The number of fused-ring (bicyclic) bond motifs is 1.